The number of unbranched alkanes of at least 4 members (excludes halogenated alkanes) is 2. The second-order valence-electron chi connectivity index (χ2n) is 8.02. The van der Waals surface area contributed by atoms with Gasteiger partial charge in [-0.05, 0) is 18.9 Å². The van der Waals surface area contributed by atoms with Crippen LogP contribution in [0, 0.1) is 6.92 Å². The maximum absolute atomic E-state index is 10.7. The van der Waals surface area contributed by atoms with Crippen LogP contribution in [0.4, 0.5) is 0 Å². The van der Waals surface area contributed by atoms with Crippen LogP contribution in [0.2, 0.25) is 5.02 Å². The number of fused-ring (bicyclic) bond motifs is 1. The van der Waals surface area contributed by atoms with E-state index in [0.29, 0.717) is 22.6 Å². The molecule has 2 heterocycles. The zero-order chi connectivity index (χ0) is 22.0. The Kier molecular flexibility index (Phi) is 7.84. The summed E-state index contributed by atoms with van der Waals surface area (Å²) in [6.07, 6.45) is -2.43. The summed E-state index contributed by atoms with van der Waals surface area (Å²) in [5, 5.41) is 50.5. The van der Waals surface area contributed by atoms with Crippen molar-refractivity contribution in [1.29, 1.82) is 0 Å². The topological polar surface area (TPSA) is 129 Å². The fraction of sp³-hybridized carbons (Fsp3) is 0.714. The Balaban J connectivity index is 1.86. The van der Waals surface area contributed by atoms with Crippen LogP contribution in [0.5, 0.6) is 11.5 Å². The lowest BCUT2D eigenvalue weighted by Crippen LogP contribution is -2.60. The minimum atomic E-state index is -1.57. The first-order valence-electron chi connectivity index (χ1n) is 10.4. The minimum absolute atomic E-state index is 0.000925. The zero-order valence-electron chi connectivity index (χ0n) is 17.3. The molecular formula is C21H31ClO8. The fourth-order valence-electron chi connectivity index (χ4n) is 4.00. The largest absolute Gasteiger partial charge is 0.507 e. The van der Waals surface area contributed by atoms with Crippen LogP contribution in [-0.4, -0.2) is 68.9 Å². The van der Waals surface area contributed by atoms with Crippen molar-refractivity contribution in [2.24, 2.45) is 0 Å². The van der Waals surface area contributed by atoms with Crippen molar-refractivity contribution < 1.29 is 39.7 Å². The molecule has 0 aromatic heterocycles. The van der Waals surface area contributed by atoms with Crippen LogP contribution < -0.4 is 4.74 Å². The number of benzene rings is 1. The molecule has 6 unspecified atom stereocenters. The fourth-order valence-corrected chi connectivity index (χ4v) is 4.37. The van der Waals surface area contributed by atoms with Gasteiger partial charge in [0.1, 0.15) is 35.9 Å². The number of hydrogen-bond acceptors (Lipinski definition) is 8. The lowest BCUT2D eigenvalue weighted by Gasteiger charge is -2.40. The number of aliphatic hydroxyl groups excluding tert-OH is 4. The number of phenols is 1. The van der Waals surface area contributed by atoms with Crippen LogP contribution in [-0.2, 0) is 22.5 Å². The van der Waals surface area contributed by atoms with Gasteiger partial charge in [-0.15, -0.1) is 0 Å². The average molecular weight is 447 g/mol. The highest BCUT2D eigenvalue weighted by Crippen LogP contribution is 2.45. The van der Waals surface area contributed by atoms with Gasteiger partial charge in [-0.25, -0.2) is 0 Å². The normalized spacial score (nSPS) is 31.4. The summed E-state index contributed by atoms with van der Waals surface area (Å²) in [6.45, 7) is 3.44. The number of rotatable bonds is 7. The molecule has 0 bridgehead atoms. The van der Waals surface area contributed by atoms with E-state index in [4.69, 9.17) is 25.8 Å². The minimum Gasteiger partial charge on any atom is -0.507 e. The molecule has 0 amide bonds. The second-order valence-corrected chi connectivity index (χ2v) is 8.40. The van der Waals surface area contributed by atoms with Crippen molar-refractivity contribution in [3.8, 4) is 11.5 Å². The molecule has 1 saturated heterocycles. The Morgan fingerprint density at radius 2 is 1.83 bits per heavy atom. The van der Waals surface area contributed by atoms with E-state index in [1.54, 1.807) is 6.92 Å². The third kappa shape index (κ3) is 4.55. The van der Waals surface area contributed by atoms with E-state index in [0.717, 1.165) is 31.2 Å². The van der Waals surface area contributed by atoms with E-state index >= 15 is 0 Å². The predicted octanol–water partition coefficient (Wildman–Crippen LogP) is 1.55. The van der Waals surface area contributed by atoms with Gasteiger partial charge in [0, 0.05) is 17.5 Å². The van der Waals surface area contributed by atoms with E-state index in [9.17, 15) is 25.5 Å². The molecule has 0 saturated carbocycles. The highest BCUT2D eigenvalue weighted by molar-refractivity contribution is 6.33. The number of halogens is 1. The van der Waals surface area contributed by atoms with Crippen molar-refractivity contribution in [3.63, 3.8) is 0 Å². The summed E-state index contributed by atoms with van der Waals surface area (Å²) in [5.74, 6) is 0.132. The first-order valence-corrected chi connectivity index (χ1v) is 10.8. The average Bonchev–Trinajstić information content (AvgIpc) is 2.75. The molecule has 30 heavy (non-hydrogen) atoms. The Morgan fingerprint density at radius 1 is 1.10 bits per heavy atom. The number of ether oxygens (including phenoxy) is 3. The number of hydrogen-bond donors (Lipinski definition) is 5. The van der Waals surface area contributed by atoms with Crippen LogP contribution in [0.15, 0.2) is 0 Å². The first kappa shape index (κ1) is 23.5. The smallest absolute Gasteiger partial charge is 0.229 e. The van der Waals surface area contributed by atoms with Gasteiger partial charge in [0.15, 0.2) is 0 Å². The summed E-state index contributed by atoms with van der Waals surface area (Å²) in [7, 11) is 0. The zero-order valence-corrected chi connectivity index (χ0v) is 18.0. The molecule has 2 aliphatic heterocycles. The van der Waals surface area contributed by atoms with Crippen LogP contribution in [0.1, 0.15) is 49.3 Å². The van der Waals surface area contributed by atoms with Gasteiger partial charge in [0.05, 0.1) is 24.3 Å². The van der Waals surface area contributed by atoms with Gasteiger partial charge in [-0.1, -0.05) is 37.8 Å². The van der Waals surface area contributed by atoms with Crippen LogP contribution in [0.3, 0.4) is 0 Å². The Morgan fingerprint density at radius 3 is 2.50 bits per heavy atom. The molecule has 2 aliphatic rings. The molecule has 0 spiro atoms. The molecular weight excluding hydrogens is 416 g/mol. The maximum Gasteiger partial charge on any atom is 0.229 e. The SMILES string of the molecule is CCCCCC1Cc2c(Cl)c(OC3OC(CO)C(O)C(O)C3O)c(C)c(O)c2CO1. The third-order valence-corrected chi connectivity index (χ3v) is 6.32. The van der Waals surface area contributed by atoms with Crippen molar-refractivity contribution in [2.75, 3.05) is 6.61 Å². The standard InChI is InChI=1S/C21H31ClO8/c1-3-4-5-6-11-7-12-13(9-28-11)16(24)10(2)20(15(12)22)30-21-19(27)18(26)17(25)14(8-23)29-21/h11,14,17-19,21,23-27H,3-9H2,1-2H3. The first-order chi connectivity index (χ1) is 14.3. The molecule has 1 aromatic rings. The number of aliphatic hydroxyl groups is 4. The van der Waals surface area contributed by atoms with Crippen molar-refractivity contribution in [2.45, 2.75) is 89.4 Å². The lowest BCUT2D eigenvalue weighted by atomic mass is 9.93. The Bertz CT molecular complexity index is 740. The summed E-state index contributed by atoms with van der Waals surface area (Å²) < 4.78 is 17.1. The molecule has 6 atom stereocenters. The lowest BCUT2D eigenvalue weighted by molar-refractivity contribution is -0.277. The summed E-state index contributed by atoms with van der Waals surface area (Å²) in [4.78, 5) is 0. The van der Waals surface area contributed by atoms with E-state index in [1.165, 1.54) is 0 Å². The molecule has 170 valence electrons. The molecule has 0 aliphatic carbocycles. The van der Waals surface area contributed by atoms with Crippen molar-refractivity contribution >= 4 is 11.6 Å². The van der Waals surface area contributed by atoms with E-state index in [-0.39, 0.29) is 24.2 Å². The maximum atomic E-state index is 10.7. The molecule has 1 aromatic carbocycles. The quantitative estimate of drug-likeness (QED) is 0.399. The van der Waals surface area contributed by atoms with Gasteiger partial charge in [-0.3, -0.25) is 0 Å². The van der Waals surface area contributed by atoms with Crippen molar-refractivity contribution in [3.05, 3.63) is 21.7 Å². The summed E-state index contributed by atoms with van der Waals surface area (Å²) in [5.41, 5.74) is 1.70. The van der Waals surface area contributed by atoms with Gasteiger partial charge < -0.3 is 39.7 Å². The van der Waals surface area contributed by atoms with E-state index in [1.807, 2.05) is 0 Å². The van der Waals surface area contributed by atoms with Crippen LogP contribution in [0.25, 0.3) is 0 Å². The Hall–Kier alpha value is -1.13. The van der Waals surface area contributed by atoms with Gasteiger partial charge >= 0.3 is 0 Å². The van der Waals surface area contributed by atoms with Crippen LogP contribution >= 0.6 is 11.6 Å². The Labute approximate surface area is 181 Å². The molecule has 9 heteroatoms. The molecule has 1 fully saturated rings. The molecule has 8 nitrogen and oxygen atoms in total. The molecule has 0 radical (unpaired) electrons. The second kappa shape index (κ2) is 9.99. The third-order valence-electron chi connectivity index (χ3n) is 5.92. The van der Waals surface area contributed by atoms with Gasteiger partial charge in [0.25, 0.3) is 0 Å². The highest BCUT2D eigenvalue weighted by atomic mass is 35.5. The van der Waals surface area contributed by atoms with Gasteiger partial charge in [-0.2, -0.15) is 0 Å². The monoisotopic (exact) mass is 446 g/mol. The summed E-state index contributed by atoms with van der Waals surface area (Å²) in [6, 6.07) is 0. The highest BCUT2D eigenvalue weighted by Gasteiger charge is 2.45. The predicted molar refractivity (Wildman–Crippen MR) is 109 cm³/mol. The molecule has 3 rings (SSSR count). The number of phenolic OH excluding ortho intramolecular Hbond substituents is 1. The van der Waals surface area contributed by atoms with Gasteiger partial charge in [0.2, 0.25) is 6.29 Å². The molecule has 5 N–H and O–H groups in total. The summed E-state index contributed by atoms with van der Waals surface area (Å²) >= 11 is 6.64. The van der Waals surface area contributed by atoms with Crippen molar-refractivity contribution in [1.82, 2.24) is 0 Å². The van der Waals surface area contributed by atoms with E-state index < -0.39 is 37.3 Å². The number of aromatic hydroxyl groups is 1. The van der Waals surface area contributed by atoms with E-state index in [2.05, 4.69) is 6.92 Å².